The molecule has 2 fully saturated rings. The number of carbonyl (C=O) groups excluding carboxylic acids is 2. The number of morpholine rings is 1. The zero-order chi connectivity index (χ0) is 19.1. The Balaban J connectivity index is 1.60. The molecule has 0 radical (unpaired) electrons. The third-order valence-electron chi connectivity index (χ3n) is 5.28. The van der Waals surface area contributed by atoms with Gasteiger partial charge in [0.2, 0.25) is 5.91 Å². The van der Waals surface area contributed by atoms with Crippen LogP contribution in [0.25, 0.3) is 0 Å². The number of nitrogens with zero attached hydrogens (tertiary/aromatic N) is 4. The maximum absolute atomic E-state index is 12.9. The molecule has 3 heterocycles. The van der Waals surface area contributed by atoms with Crippen LogP contribution in [-0.4, -0.2) is 90.6 Å². The second-order valence-electron chi connectivity index (χ2n) is 7.29. The normalized spacial score (nSPS) is 17.9. The minimum absolute atomic E-state index is 0.138. The summed E-state index contributed by atoms with van der Waals surface area (Å²) < 4.78 is 5.40. The number of aromatic nitrogens is 2. The summed E-state index contributed by atoms with van der Waals surface area (Å²) >= 11 is 0. The Morgan fingerprint density at radius 2 is 1.89 bits per heavy atom. The lowest BCUT2D eigenvalue weighted by Crippen LogP contribution is -3.14. The van der Waals surface area contributed by atoms with Crippen molar-refractivity contribution in [1.82, 2.24) is 19.8 Å². The highest BCUT2D eigenvalue weighted by atomic mass is 16.5. The van der Waals surface area contributed by atoms with Crippen molar-refractivity contribution < 1.29 is 19.2 Å². The van der Waals surface area contributed by atoms with Crippen molar-refractivity contribution in [2.75, 3.05) is 59.0 Å². The zero-order valence-electron chi connectivity index (χ0n) is 16.2. The van der Waals surface area contributed by atoms with E-state index in [2.05, 4.69) is 9.97 Å². The predicted molar refractivity (Wildman–Crippen MR) is 99.5 cm³/mol. The molecule has 2 saturated heterocycles. The first-order chi connectivity index (χ1) is 13.1. The lowest BCUT2D eigenvalue weighted by Gasteiger charge is -2.28. The maximum atomic E-state index is 12.9. The van der Waals surface area contributed by atoms with Crippen LogP contribution in [0, 0.1) is 6.92 Å². The number of hydrogen-bond acceptors (Lipinski definition) is 5. The molecule has 2 aliphatic heterocycles. The van der Waals surface area contributed by atoms with Crippen molar-refractivity contribution in [1.29, 1.82) is 0 Å². The van der Waals surface area contributed by atoms with Crippen molar-refractivity contribution in [3.8, 4) is 0 Å². The third-order valence-corrected chi connectivity index (χ3v) is 5.28. The highest BCUT2D eigenvalue weighted by Gasteiger charge is 2.24. The smallest absolute Gasteiger partial charge is 0.274 e. The highest BCUT2D eigenvalue weighted by Crippen LogP contribution is 2.10. The molecule has 2 amide bonds. The first-order valence-corrected chi connectivity index (χ1v) is 9.90. The van der Waals surface area contributed by atoms with Gasteiger partial charge in [0.05, 0.1) is 38.2 Å². The molecule has 3 rings (SSSR count). The average molecular weight is 376 g/mol. The van der Waals surface area contributed by atoms with Crippen molar-refractivity contribution >= 4 is 11.8 Å². The monoisotopic (exact) mass is 376 g/mol. The van der Waals surface area contributed by atoms with Crippen LogP contribution in [0.4, 0.5) is 0 Å². The minimum atomic E-state index is -0.149. The SMILES string of the molecule is Cc1cnc(C(=O)N(CCC(=O)N2CCCC2)CC[NH+]2CCOCC2)cn1. The number of amides is 2. The Morgan fingerprint density at radius 1 is 1.15 bits per heavy atom. The molecule has 27 heavy (non-hydrogen) atoms. The molecule has 0 bridgehead atoms. The molecule has 0 spiro atoms. The number of hydrogen-bond donors (Lipinski definition) is 1. The molecule has 2 aliphatic rings. The quantitative estimate of drug-likeness (QED) is 0.671. The standard InChI is InChI=1S/C19H29N5O3/c1-16-14-21-17(15-20-16)19(26)24(9-8-22-10-12-27-13-11-22)7-4-18(25)23-5-2-3-6-23/h14-15H,2-13H2,1H3/p+1. The molecule has 148 valence electrons. The van der Waals surface area contributed by atoms with Gasteiger partial charge in [-0.05, 0) is 19.8 Å². The van der Waals surface area contributed by atoms with Gasteiger partial charge < -0.3 is 19.4 Å². The van der Waals surface area contributed by atoms with Gasteiger partial charge in [-0.3, -0.25) is 14.6 Å². The first kappa shape index (κ1) is 19.7. The van der Waals surface area contributed by atoms with Crippen LogP contribution in [-0.2, 0) is 9.53 Å². The van der Waals surface area contributed by atoms with Gasteiger partial charge in [-0.2, -0.15) is 0 Å². The lowest BCUT2D eigenvalue weighted by atomic mass is 10.2. The van der Waals surface area contributed by atoms with Gasteiger partial charge >= 0.3 is 0 Å². The predicted octanol–water partition coefficient (Wildman–Crippen LogP) is -0.845. The molecule has 8 heteroatoms. The Kier molecular flexibility index (Phi) is 7.11. The zero-order valence-corrected chi connectivity index (χ0v) is 16.2. The summed E-state index contributed by atoms with van der Waals surface area (Å²) in [5, 5.41) is 0. The van der Waals surface area contributed by atoms with Crippen molar-refractivity contribution in [2.45, 2.75) is 26.2 Å². The summed E-state index contributed by atoms with van der Waals surface area (Å²) in [4.78, 5) is 38.8. The molecule has 0 unspecified atom stereocenters. The summed E-state index contributed by atoms with van der Waals surface area (Å²) in [5.74, 6) is -0.0107. The van der Waals surface area contributed by atoms with Gasteiger partial charge in [0, 0.05) is 32.3 Å². The van der Waals surface area contributed by atoms with E-state index in [-0.39, 0.29) is 11.8 Å². The number of likely N-dealkylation sites (tertiary alicyclic amines) is 1. The Labute approximate surface area is 160 Å². The topological polar surface area (TPSA) is 80.1 Å². The van der Waals surface area contributed by atoms with E-state index in [4.69, 9.17) is 4.74 Å². The summed E-state index contributed by atoms with van der Waals surface area (Å²) in [6.45, 7) is 8.85. The van der Waals surface area contributed by atoms with Gasteiger partial charge in [-0.15, -0.1) is 0 Å². The summed E-state index contributed by atoms with van der Waals surface area (Å²) in [6.07, 6.45) is 5.65. The summed E-state index contributed by atoms with van der Waals surface area (Å²) in [6, 6.07) is 0. The van der Waals surface area contributed by atoms with Crippen molar-refractivity contribution in [3.63, 3.8) is 0 Å². The molecule has 1 aromatic rings. The number of ether oxygens (including phenoxy) is 1. The molecule has 0 aliphatic carbocycles. The number of quaternary nitrogens is 1. The van der Waals surface area contributed by atoms with E-state index >= 15 is 0 Å². The van der Waals surface area contributed by atoms with E-state index < -0.39 is 0 Å². The molecule has 1 N–H and O–H groups in total. The lowest BCUT2D eigenvalue weighted by molar-refractivity contribution is -0.907. The number of aryl methyl sites for hydroxylation is 1. The fraction of sp³-hybridized carbons (Fsp3) is 0.684. The fourth-order valence-electron chi connectivity index (χ4n) is 3.54. The van der Waals surface area contributed by atoms with E-state index in [9.17, 15) is 9.59 Å². The first-order valence-electron chi connectivity index (χ1n) is 9.90. The average Bonchev–Trinajstić information content (AvgIpc) is 3.24. The van der Waals surface area contributed by atoms with Crippen LogP contribution >= 0.6 is 0 Å². The number of nitrogens with one attached hydrogen (secondary N) is 1. The summed E-state index contributed by atoms with van der Waals surface area (Å²) in [7, 11) is 0. The van der Waals surface area contributed by atoms with Gasteiger partial charge in [0.1, 0.15) is 18.8 Å². The van der Waals surface area contributed by atoms with Gasteiger partial charge in [-0.1, -0.05) is 0 Å². The fourth-order valence-corrected chi connectivity index (χ4v) is 3.54. The van der Waals surface area contributed by atoms with Crippen LogP contribution in [0.15, 0.2) is 12.4 Å². The van der Waals surface area contributed by atoms with Crippen LogP contribution < -0.4 is 4.90 Å². The largest absolute Gasteiger partial charge is 0.370 e. The second kappa shape index (κ2) is 9.75. The van der Waals surface area contributed by atoms with Crippen molar-refractivity contribution in [3.05, 3.63) is 23.8 Å². The number of rotatable bonds is 7. The van der Waals surface area contributed by atoms with E-state index in [0.29, 0.717) is 25.2 Å². The third kappa shape index (κ3) is 5.71. The molecular weight excluding hydrogens is 346 g/mol. The Bertz CT molecular complexity index is 625. The van der Waals surface area contributed by atoms with Gasteiger partial charge in [0.15, 0.2) is 0 Å². The molecule has 1 aromatic heterocycles. The Morgan fingerprint density at radius 3 is 2.56 bits per heavy atom. The Hall–Kier alpha value is -2.06. The molecule has 0 saturated carbocycles. The molecule has 0 atom stereocenters. The molecular formula is C19H30N5O3+. The van der Waals surface area contributed by atoms with E-state index in [1.807, 2.05) is 11.8 Å². The van der Waals surface area contributed by atoms with E-state index in [1.54, 1.807) is 11.1 Å². The van der Waals surface area contributed by atoms with Gasteiger partial charge in [-0.25, -0.2) is 4.98 Å². The van der Waals surface area contributed by atoms with Gasteiger partial charge in [0.25, 0.3) is 5.91 Å². The maximum Gasteiger partial charge on any atom is 0.274 e. The number of carbonyl (C=O) groups is 2. The van der Waals surface area contributed by atoms with Crippen molar-refractivity contribution in [2.24, 2.45) is 0 Å². The van der Waals surface area contributed by atoms with Crippen LogP contribution in [0.3, 0.4) is 0 Å². The van der Waals surface area contributed by atoms with E-state index in [0.717, 1.165) is 64.5 Å². The van der Waals surface area contributed by atoms with Crippen LogP contribution in [0.1, 0.15) is 35.4 Å². The molecule has 0 aromatic carbocycles. The van der Waals surface area contributed by atoms with E-state index in [1.165, 1.54) is 11.1 Å². The van der Waals surface area contributed by atoms with Crippen LogP contribution in [0.2, 0.25) is 0 Å². The highest BCUT2D eigenvalue weighted by molar-refractivity contribution is 5.92. The minimum Gasteiger partial charge on any atom is -0.370 e. The molecule has 8 nitrogen and oxygen atoms in total. The second-order valence-corrected chi connectivity index (χ2v) is 7.29. The summed E-state index contributed by atoms with van der Waals surface area (Å²) in [5.41, 5.74) is 1.12. The van der Waals surface area contributed by atoms with Crippen LogP contribution in [0.5, 0.6) is 0 Å².